The van der Waals surface area contributed by atoms with Crippen LogP contribution in [0.3, 0.4) is 0 Å². The molecule has 1 atom stereocenters. The molecule has 0 saturated carbocycles. The van der Waals surface area contributed by atoms with E-state index in [0.29, 0.717) is 4.48 Å². The molecule has 0 aliphatic carbocycles. The molecule has 0 aliphatic heterocycles. The number of esters is 1. The van der Waals surface area contributed by atoms with Crippen molar-refractivity contribution in [1.29, 1.82) is 0 Å². The molecule has 0 aromatic carbocycles. The van der Waals surface area contributed by atoms with Crippen molar-refractivity contribution in [2.24, 2.45) is 5.73 Å². The molecule has 0 spiro atoms. The summed E-state index contributed by atoms with van der Waals surface area (Å²) in [6, 6.07) is 0. The molecule has 78 valence electrons. The second kappa shape index (κ2) is 5.84. The van der Waals surface area contributed by atoms with Crippen molar-refractivity contribution in [3.05, 3.63) is 11.1 Å². The van der Waals surface area contributed by atoms with Crippen molar-refractivity contribution in [2.45, 2.75) is 25.3 Å². The number of rotatable bonds is 5. The van der Waals surface area contributed by atoms with Crippen molar-refractivity contribution in [1.82, 2.24) is 0 Å². The molecule has 0 bridgehead atoms. The first-order chi connectivity index (χ1) is 6.46. The highest BCUT2D eigenvalue weighted by molar-refractivity contribution is 9.11. The number of ether oxygens (including phenoxy) is 1. The third-order valence-electron chi connectivity index (χ3n) is 1.61. The fourth-order valence-electron chi connectivity index (χ4n) is 1.01. The summed E-state index contributed by atoms with van der Waals surface area (Å²) in [4.78, 5) is 11.5. The average molecular weight is 260 g/mol. The highest BCUT2D eigenvalue weighted by atomic mass is 79.9. The van der Waals surface area contributed by atoms with Crippen molar-refractivity contribution < 1.29 is 9.53 Å². The standard InChI is InChI=1S/C10H14BrNO2/c1-4-6-10(12,7-8(3)11)9(13)14-5-2/h1H,3,5-7,12H2,2H3. The zero-order valence-corrected chi connectivity index (χ0v) is 9.76. The summed E-state index contributed by atoms with van der Waals surface area (Å²) in [5.74, 6) is 1.88. The summed E-state index contributed by atoms with van der Waals surface area (Å²) < 4.78 is 5.47. The Labute approximate surface area is 92.8 Å². The summed E-state index contributed by atoms with van der Waals surface area (Å²) in [6.07, 6.45) is 5.55. The van der Waals surface area contributed by atoms with Crippen LogP contribution < -0.4 is 5.73 Å². The molecule has 0 radical (unpaired) electrons. The number of hydrogen-bond acceptors (Lipinski definition) is 3. The monoisotopic (exact) mass is 259 g/mol. The van der Waals surface area contributed by atoms with Crippen LogP contribution in [0.25, 0.3) is 0 Å². The topological polar surface area (TPSA) is 52.3 Å². The number of carbonyl (C=O) groups is 1. The zero-order valence-electron chi connectivity index (χ0n) is 8.18. The van der Waals surface area contributed by atoms with Gasteiger partial charge in [-0.1, -0.05) is 22.5 Å². The molecule has 4 heteroatoms. The van der Waals surface area contributed by atoms with Gasteiger partial charge in [0.05, 0.1) is 6.61 Å². The number of nitrogens with two attached hydrogens (primary N) is 1. The Kier molecular flexibility index (Phi) is 5.51. The van der Waals surface area contributed by atoms with Crippen LogP contribution in [0.15, 0.2) is 11.1 Å². The van der Waals surface area contributed by atoms with Crippen molar-refractivity contribution in [3.8, 4) is 12.3 Å². The Morgan fingerprint density at radius 3 is 2.71 bits per heavy atom. The maximum Gasteiger partial charge on any atom is 0.327 e. The first-order valence-electron chi connectivity index (χ1n) is 4.19. The first-order valence-corrected chi connectivity index (χ1v) is 4.98. The van der Waals surface area contributed by atoms with Gasteiger partial charge in [0, 0.05) is 12.8 Å². The van der Waals surface area contributed by atoms with Crippen LogP contribution in [0.5, 0.6) is 0 Å². The summed E-state index contributed by atoms with van der Waals surface area (Å²) >= 11 is 3.15. The van der Waals surface area contributed by atoms with Crippen LogP contribution in [0.1, 0.15) is 19.8 Å². The Hall–Kier alpha value is -0.790. The van der Waals surface area contributed by atoms with E-state index < -0.39 is 11.5 Å². The number of terminal acetylenes is 1. The lowest BCUT2D eigenvalue weighted by atomic mass is 9.93. The fourth-order valence-corrected chi connectivity index (χ4v) is 1.51. The molecular formula is C10H14BrNO2. The predicted octanol–water partition coefficient (Wildman–Crippen LogP) is 1.57. The van der Waals surface area contributed by atoms with E-state index in [1.165, 1.54) is 0 Å². The third kappa shape index (κ3) is 3.95. The number of hydrogen-bond donors (Lipinski definition) is 1. The molecule has 2 N–H and O–H groups in total. The van der Waals surface area contributed by atoms with Gasteiger partial charge in [0.1, 0.15) is 5.54 Å². The van der Waals surface area contributed by atoms with Gasteiger partial charge in [-0.25, -0.2) is 0 Å². The minimum Gasteiger partial charge on any atom is -0.465 e. The summed E-state index contributed by atoms with van der Waals surface area (Å²) in [5, 5.41) is 0. The maximum absolute atomic E-state index is 11.5. The summed E-state index contributed by atoms with van der Waals surface area (Å²) in [7, 11) is 0. The predicted molar refractivity (Wildman–Crippen MR) is 59.7 cm³/mol. The van der Waals surface area contributed by atoms with Gasteiger partial charge in [-0.2, -0.15) is 0 Å². The van der Waals surface area contributed by atoms with E-state index in [9.17, 15) is 4.79 Å². The number of carbonyl (C=O) groups excluding carboxylic acids is 1. The lowest BCUT2D eigenvalue weighted by Crippen LogP contribution is -2.48. The first kappa shape index (κ1) is 13.2. The van der Waals surface area contributed by atoms with Crippen LogP contribution in [-0.4, -0.2) is 18.1 Å². The lowest BCUT2D eigenvalue weighted by Gasteiger charge is -2.24. The van der Waals surface area contributed by atoms with Crippen molar-refractivity contribution in [3.63, 3.8) is 0 Å². The molecule has 0 rings (SSSR count). The highest BCUT2D eigenvalue weighted by Gasteiger charge is 2.34. The second-order valence-electron chi connectivity index (χ2n) is 2.95. The molecule has 14 heavy (non-hydrogen) atoms. The molecule has 3 nitrogen and oxygen atoms in total. The molecule has 0 amide bonds. The molecule has 0 aromatic rings. The van der Waals surface area contributed by atoms with Gasteiger partial charge in [0.15, 0.2) is 0 Å². The van der Waals surface area contributed by atoms with E-state index in [-0.39, 0.29) is 19.4 Å². The van der Waals surface area contributed by atoms with Gasteiger partial charge in [-0.15, -0.1) is 12.3 Å². The molecule has 1 unspecified atom stereocenters. The Bertz CT molecular complexity index is 270. The zero-order chi connectivity index (χ0) is 11.2. The van der Waals surface area contributed by atoms with Gasteiger partial charge in [0.25, 0.3) is 0 Å². The smallest absolute Gasteiger partial charge is 0.327 e. The van der Waals surface area contributed by atoms with Crippen LogP contribution in [0, 0.1) is 12.3 Å². The van der Waals surface area contributed by atoms with E-state index in [0.717, 1.165) is 0 Å². The average Bonchev–Trinajstić information content (AvgIpc) is 2.03. The van der Waals surface area contributed by atoms with Crippen molar-refractivity contribution >= 4 is 21.9 Å². The molecular weight excluding hydrogens is 246 g/mol. The van der Waals surface area contributed by atoms with Crippen LogP contribution in [0.4, 0.5) is 0 Å². The van der Waals surface area contributed by atoms with E-state index in [1.54, 1.807) is 6.92 Å². The van der Waals surface area contributed by atoms with Gasteiger partial charge < -0.3 is 10.5 Å². The van der Waals surface area contributed by atoms with Gasteiger partial charge in [0.2, 0.25) is 0 Å². The molecule has 0 saturated heterocycles. The van der Waals surface area contributed by atoms with E-state index >= 15 is 0 Å². The van der Waals surface area contributed by atoms with Crippen LogP contribution in [-0.2, 0) is 9.53 Å². The third-order valence-corrected chi connectivity index (χ3v) is 1.89. The largest absolute Gasteiger partial charge is 0.465 e. The maximum atomic E-state index is 11.5. The molecule has 0 aromatic heterocycles. The Balaban J connectivity index is 4.62. The Morgan fingerprint density at radius 2 is 2.36 bits per heavy atom. The molecule has 0 fully saturated rings. The van der Waals surface area contributed by atoms with Gasteiger partial charge in [-0.05, 0) is 11.4 Å². The molecule has 0 aliphatic rings. The van der Waals surface area contributed by atoms with Gasteiger partial charge >= 0.3 is 5.97 Å². The molecule has 0 heterocycles. The van der Waals surface area contributed by atoms with Crippen LogP contribution >= 0.6 is 15.9 Å². The van der Waals surface area contributed by atoms with Crippen molar-refractivity contribution in [2.75, 3.05) is 6.61 Å². The lowest BCUT2D eigenvalue weighted by molar-refractivity contribution is -0.149. The SMILES string of the molecule is C#CCC(N)(CC(=C)Br)C(=O)OCC. The fraction of sp³-hybridized carbons (Fsp3) is 0.500. The quantitative estimate of drug-likeness (QED) is 0.603. The van der Waals surface area contributed by atoms with E-state index in [4.69, 9.17) is 16.9 Å². The minimum absolute atomic E-state index is 0.135. The van der Waals surface area contributed by atoms with E-state index in [2.05, 4.69) is 28.4 Å². The number of halogens is 1. The second-order valence-corrected chi connectivity index (χ2v) is 4.07. The normalized spacial score (nSPS) is 13.9. The summed E-state index contributed by atoms with van der Waals surface area (Å²) in [6.45, 7) is 5.63. The Morgan fingerprint density at radius 1 is 1.79 bits per heavy atom. The summed E-state index contributed by atoms with van der Waals surface area (Å²) in [5.41, 5.74) is 4.67. The van der Waals surface area contributed by atoms with Crippen LogP contribution in [0.2, 0.25) is 0 Å². The van der Waals surface area contributed by atoms with E-state index in [1.807, 2.05) is 0 Å². The highest BCUT2D eigenvalue weighted by Crippen LogP contribution is 2.21. The minimum atomic E-state index is -1.16. The van der Waals surface area contributed by atoms with Gasteiger partial charge in [-0.3, -0.25) is 4.79 Å².